The van der Waals surface area contributed by atoms with Gasteiger partial charge in [-0.2, -0.15) is 5.10 Å². The molecule has 1 aromatic carbocycles. The molecule has 9 heteroatoms. The lowest BCUT2D eigenvalue weighted by atomic mass is 10.2. The minimum atomic E-state index is -3.94. The van der Waals surface area contributed by atoms with Crippen molar-refractivity contribution < 1.29 is 13.1 Å². The number of anilines is 2. The van der Waals surface area contributed by atoms with Crippen LogP contribution in [0, 0.1) is 5.21 Å². The molecule has 0 spiro atoms. The van der Waals surface area contributed by atoms with Gasteiger partial charge in [0.25, 0.3) is 5.56 Å². The smallest absolute Gasteiger partial charge is 0.285 e. The van der Waals surface area contributed by atoms with Gasteiger partial charge in [-0.3, -0.25) is 4.79 Å². The Bertz CT molecular complexity index is 951. The fourth-order valence-electron chi connectivity index (χ4n) is 3.04. The number of nitrogens with one attached hydrogen (secondary N) is 1. The molecule has 1 N–H and O–H groups in total. The maximum Gasteiger partial charge on any atom is 0.285 e. The van der Waals surface area contributed by atoms with Crippen LogP contribution in [0.25, 0.3) is 0 Å². The van der Waals surface area contributed by atoms with E-state index in [9.17, 15) is 18.4 Å². The molecule has 0 bridgehead atoms. The fraction of sp³-hybridized carbons (Fsp3) is 0.375. The number of hydrogen-bond acceptors (Lipinski definition) is 6. The third-order valence-electron chi connectivity index (χ3n) is 4.68. The summed E-state index contributed by atoms with van der Waals surface area (Å²) in [5, 5.41) is 18.5. The predicted molar refractivity (Wildman–Crippen MR) is 93.3 cm³/mol. The van der Waals surface area contributed by atoms with E-state index < -0.39 is 20.0 Å². The summed E-state index contributed by atoms with van der Waals surface area (Å²) in [5.74, 6) is 0. The molecule has 25 heavy (non-hydrogen) atoms. The van der Waals surface area contributed by atoms with Crippen molar-refractivity contribution in [1.82, 2.24) is 10.2 Å². The van der Waals surface area contributed by atoms with Crippen LogP contribution in [0.2, 0.25) is 0 Å². The number of nitrogens with zero attached hydrogens (tertiary/aromatic N) is 3. The number of rotatable bonds is 5. The molecule has 0 amide bonds. The molecular formula is C16H20N4O4S. The second-order valence-electron chi connectivity index (χ2n) is 5.95. The zero-order chi connectivity index (χ0) is 18.2. The second-order valence-corrected chi connectivity index (χ2v) is 7.81. The van der Waals surface area contributed by atoms with E-state index in [4.69, 9.17) is 0 Å². The van der Waals surface area contributed by atoms with E-state index in [1.807, 2.05) is 13.8 Å². The van der Waals surface area contributed by atoms with Crippen molar-refractivity contribution in [2.45, 2.75) is 23.6 Å². The second kappa shape index (κ2) is 6.25. The molecule has 8 nitrogen and oxygen atoms in total. The SMILES string of the molecule is CC[N+]([O-])(CC)CCN1c2ccccc2S(=O)(=O)c2c1cn[nH]c2=O. The van der Waals surface area contributed by atoms with Crippen LogP contribution in [0.3, 0.4) is 0 Å². The van der Waals surface area contributed by atoms with E-state index in [2.05, 4.69) is 10.2 Å². The molecule has 2 aromatic rings. The number of H-pyrrole nitrogens is 1. The van der Waals surface area contributed by atoms with Gasteiger partial charge < -0.3 is 14.8 Å². The van der Waals surface area contributed by atoms with E-state index >= 15 is 0 Å². The largest absolute Gasteiger partial charge is 0.633 e. The molecule has 0 saturated carbocycles. The molecule has 0 unspecified atom stereocenters. The maximum atomic E-state index is 12.8. The first-order valence-corrected chi connectivity index (χ1v) is 9.59. The Hall–Kier alpha value is -2.23. The Balaban J connectivity index is 2.15. The summed E-state index contributed by atoms with van der Waals surface area (Å²) in [6.45, 7) is 5.05. The van der Waals surface area contributed by atoms with Gasteiger partial charge in [0.2, 0.25) is 9.84 Å². The highest BCUT2D eigenvalue weighted by molar-refractivity contribution is 7.92. The number of para-hydroxylation sites is 1. The van der Waals surface area contributed by atoms with Crippen LogP contribution in [0.5, 0.6) is 0 Å². The normalized spacial score (nSPS) is 15.6. The van der Waals surface area contributed by atoms with Crippen LogP contribution in [0.1, 0.15) is 13.8 Å². The molecule has 134 valence electrons. The third kappa shape index (κ3) is 2.84. The molecule has 0 fully saturated rings. The van der Waals surface area contributed by atoms with E-state index in [0.29, 0.717) is 18.8 Å². The highest BCUT2D eigenvalue weighted by Gasteiger charge is 2.37. The van der Waals surface area contributed by atoms with Crippen LogP contribution in [0.4, 0.5) is 11.4 Å². The van der Waals surface area contributed by atoms with E-state index in [0.717, 1.165) is 0 Å². The van der Waals surface area contributed by atoms with Gasteiger partial charge in [0.05, 0.1) is 48.6 Å². The van der Waals surface area contributed by atoms with Crippen molar-refractivity contribution in [3.8, 4) is 0 Å². The molecule has 1 aliphatic heterocycles. The third-order valence-corrected chi connectivity index (χ3v) is 6.54. The van der Waals surface area contributed by atoms with Gasteiger partial charge in [0, 0.05) is 0 Å². The Morgan fingerprint density at radius 1 is 1.20 bits per heavy atom. The van der Waals surface area contributed by atoms with Gasteiger partial charge in [-0.1, -0.05) is 12.1 Å². The summed E-state index contributed by atoms with van der Waals surface area (Å²) >= 11 is 0. The minimum Gasteiger partial charge on any atom is -0.633 e. The summed E-state index contributed by atoms with van der Waals surface area (Å²) in [4.78, 5) is 13.6. The number of fused-ring (bicyclic) bond motifs is 2. The lowest BCUT2D eigenvalue weighted by Gasteiger charge is -2.43. The summed E-state index contributed by atoms with van der Waals surface area (Å²) < 4.78 is 25.3. The van der Waals surface area contributed by atoms with Crippen molar-refractivity contribution in [3.05, 3.63) is 46.0 Å². The van der Waals surface area contributed by atoms with E-state index in [1.54, 1.807) is 23.1 Å². The van der Waals surface area contributed by atoms with E-state index in [1.165, 1.54) is 12.3 Å². The monoisotopic (exact) mass is 364 g/mol. The van der Waals surface area contributed by atoms with E-state index in [-0.39, 0.29) is 28.6 Å². The molecule has 1 aromatic heterocycles. The Morgan fingerprint density at radius 3 is 2.56 bits per heavy atom. The zero-order valence-corrected chi connectivity index (χ0v) is 14.9. The molecule has 3 rings (SSSR count). The highest BCUT2D eigenvalue weighted by Crippen LogP contribution is 2.41. The van der Waals surface area contributed by atoms with Gasteiger partial charge >= 0.3 is 0 Å². The van der Waals surface area contributed by atoms with Gasteiger partial charge in [-0.25, -0.2) is 13.5 Å². The van der Waals surface area contributed by atoms with Crippen LogP contribution >= 0.6 is 0 Å². The average molecular weight is 364 g/mol. The Kier molecular flexibility index (Phi) is 4.40. The summed E-state index contributed by atoms with van der Waals surface area (Å²) in [6, 6.07) is 6.49. The molecular weight excluding hydrogens is 344 g/mol. The summed E-state index contributed by atoms with van der Waals surface area (Å²) in [7, 11) is -3.94. The molecule has 1 aliphatic rings. The van der Waals surface area contributed by atoms with Crippen molar-refractivity contribution in [3.63, 3.8) is 0 Å². The molecule has 0 radical (unpaired) electrons. The highest BCUT2D eigenvalue weighted by atomic mass is 32.2. The minimum absolute atomic E-state index is 0.0659. The van der Waals surface area contributed by atoms with Gasteiger partial charge in [-0.05, 0) is 26.0 Å². The molecule has 0 aliphatic carbocycles. The number of hydrogen-bond donors (Lipinski definition) is 1. The maximum absolute atomic E-state index is 12.8. The van der Waals surface area contributed by atoms with Gasteiger partial charge in [0.15, 0.2) is 4.90 Å². The number of quaternary nitrogens is 1. The van der Waals surface area contributed by atoms with Crippen LogP contribution in [0.15, 0.2) is 45.0 Å². The van der Waals surface area contributed by atoms with Gasteiger partial charge in [-0.15, -0.1) is 0 Å². The molecule has 2 heterocycles. The van der Waals surface area contributed by atoms with Crippen molar-refractivity contribution >= 4 is 21.2 Å². The average Bonchev–Trinajstić information content (AvgIpc) is 2.61. The number of sulfone groups is 1. The number of aromatic nitrogens is 2. The van der Waals surface area contributed by atoms with Crippen molar-refractivity contribution in [1.29, 1.82) is 0 Å². The number of benzene rings is 1. The van der Waals surface area contributed by atoms with Crippen molar-refractivity contribution in [2.24, 2.45) is 0 Å². The first-order valence-electron chi connectivity index (χ1n) is 8.10. The lowest BCUT2D eigenvalue weighted by molar-refractivity contribution is -0.875. The van der Waals surface area contributed by atoms with Crippen molar-refractivity contribution in [2.75, 3.05) is 31.1 Å². The lowest BCUT2D eigenvalue weighted by Crippen LogP contribution is -2.47. The quantitative estimate of drug-likeness (QED) is 0.635. The Labute approximate surface area is 145 Å². The Morgan fingerprint density at radius 2 is 1.88 bits per heavy atom. The summed E-state index contributed by atoms with van der Waals surface area (Å²) in [6.07, 6.45) is 1.32. The van der Waals surface area contributed by atoms with Crippen LogP contribution in [-0.2, 0) is 9.84 Å². The zero-order valence-electron chi connectivity index (χ0n) is 14.1. The number of likely N-dealkylation sites (N-methyl/N-ethyl adjacent to an activating group) is 1. The number of aromatic amines is 1. The first-order chi connectivity index (χ1) is 11.8. The molecule has 0 saturated heterocycles. The summed E-state index contributed by atoms with van der Waals surface area (Å²) in [5.41, 5.74) is -0.0896. The first kappa shape index (κ1) is 17.6. The van der Waals surface area contributed by atoms with Gasteiger partial charge in [0.1, 0.15) is 0 Å². The van der Waals surface area contributed by atoms with Crippen LogP contribution < -0.4 is 10.5 Å². The number of hydroxylamine groups is 3. The van der Waals surface area contributed by atoms with Crippen LogP contribution in [-0.4, -0.2) is 49.4 Å². The standard InChI is InChI=1S/C16H20N4O4S/c1-3-20(22,4-2)10-9-19-12-7-5-6-8-14(12)25(23,24)15-13(19)11-17-18-16(15)21/h5-8,11H,3-4,9-10H2,1-2H3,(H,18,21). The molecule has 0 atom stereocenters. The predicted octanol–water partition coefficient (Wildman–Crippen LogP) is 1.41. The topological polar surface area (TPSA) is 106 Å². The fourth-order valence-corrected chi connectivity index (χ4v) is 4.70.